The highest BCUT2D eigenvalue weighted by molar-refractivity contribution is 5.81. The van der Waals surface area contributed by atoms with Gasteiger partial charge in [0.15, 0.2) is 0 Å². The van der Waals surface area contributed by atoms with Crippen LogP contribution in [0.1, 0.15) is 12.5 Å². The second-order valence-electron chi connectivity index (χ2n) is 5.65. The van der Waals surface area contributed by atoms with Gasteiger partial charge in [0.05, 0.1) is 19.7 Å². The molecular formula is C19H24N2O3. The van der Waals surface area contributed by atoms with Crippen LogP contribution in [0.15, 0.2) is 54.6 Å². The molecule has 0 saturated carbocycles. The maximum atomic E-state index is 12.1. The first-order valence-electron chi connectivity index (χ1n) is 7.96. The van der Waals surface area contributed by atoms with Gasteiger partial charge in [-0.3, -0.25) is 4.79 Å². The van der Waals surface area contributed by atoms with Crippen molar-refractivity contribution in [1.82, 2.24) is 5.32 Å². The van der Waals surface area contributed by atoms with Crippen molar-refractivity contribution in [3.8, 4) is 11.5 Å². The van der Waals surface area contributed by atoms with Gasteiger partial charge in [-0.25, -0.2) is 0 Å². The summed E-state index contributed by atoms with van der Waals surface area (Å²) in [7, 11) is 1.61. The third-order valence-corrected chi connectivity index (χ3v) is 3.58. The minimum atomic E-state index is -0.573. The summed E-state index contributed by atoms with van der Waals surface area (Å²) in [6, 6.07) is 16.5. The Kier molecular flexibility index (Phi) is 6.63. The fraction of sp³-hybridized carbons (Fsp3) is 0.316. The Morgan fingerprint density at radius 1 is 1.12 bits per heavy atom. The highest BCUT2D eigenvalue weighted by Gasteiger charge is 2.15. The molecular weight excluding hydrogens is 304 g/mol. The summed E-state index contributed by atoms with van der Waals surface area (Å²) in [4.78, 5) is 12.1. The Hall–Kier alpha value is -2.53. The zero-order valence-corrected chi connectivity index (χ0v) is 14.1. The summed E-state index contributed by atoms with van der Waals surface area (Å²) in [5, 5.41) is 2.83. The second-order valence-corrected chi connectivity index (χ2v) is 5.65. The summed E-state index contributed by atoms with van der Waals surface area (Å²) < 4.78 is 10.9. The zero-order valence-electron chi connectivity index (χ0n) is 14.1. The van der Waals surface area contributed by atoms with E-state index in [0.29, 0.717) is 18.7 Å². The van der Waals surface area contributed by atoms with E-state index in [1.165, 1.54) is 0 Å². The van der Waals surface area contributed by atoms with Crippen molar-refractivity contribution in [2.75, 3.05) is 13.7 Å². The average Bonchev–Trinajstić information content (AvgIpc) is 2.60. The highest BCUT2D eigenvalue weighted by Crippen LogP contribution is 2.19. The van der Waals surface area contributed by atoms with Gasteiger partial charge in [-0.05, 0) is 31.0 Å². The molecule has 0 spiro atoms. The summed E-state index contributed by atoms with van der Waals surface area (Å²) in [6.07, 6.45) is 0.336. The van der Waals surface area contributed by atoms with Crippen molar-refractivity contribution in [2.45, 2.75) is 25.5 Å². The van der Waals surface area contributed by atoms with E-state index in [1.54, 1.807) is 13.2 Å². The van der Waals surface area contributed by atoms with E-state index < -0.39 is 6.04 Å². The number of carbonyl (C=O) groups is 1. The van der Waals surface area contributed by atoms with Gasteiger partial charge in [0, 0.05) is 6.07 Å². The van der Waals surface area contributed by atoms with Crippen LogP contribution in [-0.2, 0) is 11.2 Å². The molecule has 0 aliphatic rings. The van der Waals surface area contributed by atoms with Crippen LogP contribution in [0.3, 0.4) is 0 Å². The fourth-order valence-corrected chi connectivity index (χ4v) is 2.28. The van der Waals surface area contributed by atoms with Crippen molar-refractivity contribution in [1.29, 1.82) is 0 Å². The summed E-state index contributed by atoms with van der Waals surface area (Å²) in [6.45, 7) is 2.28. The molecule has 1 unspecified atom stereocenters. The minimum absolute atomic E-state index is 0.176. The Morgan fingerprint density at radius 3 is 2.54 bits per heavy atom. The van der Waals surface area contributed by atoms with Gasteiger partial charge in [-0.1, -0.05) is 36.4 Å². The number of hydrogen-bond acceptors (Lipinski definition) is 4. The molecule has 0 aliphatic carbocycles. The molecule has 0 aromatic heterocycles. The lowest BCUT2D eigenvalue weighted by atomic mass is 10.1. The molecule has 5 nitrogen and oxygen atoms in total. The summed E-state index contributed by atoms with van der Waals surface area (Å²) in [5.74, 6) is 1.25. The summed E-state index contributed by atoms with van der Waals surface area (Å²) in [5.41, 5.74) is 7.00. The number of nitrogens with two attached hydrogens (primary N) is 1. The van der Waals surface area contributed by atoms with Gasteiger partial charge in [0.25, 0.3) is 0 Å². The van der Waals surface area contributed by atoms with E-state index in [1.807, 2.05) is 55.5 Å². The molecule has 0 fully saturated rings. The molecule has 0 bridgehead atoms. The third kappa shape index (κ3) is 5.59. The van der Waals surface area contributed by atoms with Crippen molar-refractivity contribution >= 4 is 5.91 Å². The van der Waals surface area contributed by atoms with Crippen molar-refractivity contribution in [3.05, 3.63) is 60.2 Å². The molecule has 5 heteroatoms. The quantitative estimate of drug-likeness (QED) is 0.779. The van der Waals surface area contributed by atoms with E-state index in [4.69, 9.17) is 15.2 Å². The maximum absolute atomic E-state index is 12.1. The standard InChI is InChI=1S/C19H24N2O3/c1-14(24-17-10-6-9-16(12-17)23-2)13-21-19(22)18(20)11-15-7-4-3-5-8-15/h3-10,12,14,18H,11,13,20H2,1-2H3,(H,21,22)/t14?,18-/m0/s1. The molecule has 2 aromatic carbocycles. The van der Waals surface area contributed by atoms with Crippen molar-refractivity contribution in [3.63, 3.8) is 0 Å². The molecule has 3 N–H and O–H groups in total. The van der Waals surface area contributed by atoms with Crippen LogP contribution >= 0.6 is 0 Å². The van der Waals surface area contributed by atoms with Crippen LogP contribution < -0.4 is 20.5 Å². The summed E-state index contributed by atoms with van der Waals surface area (Å²) >= 11 is 0. The van der Waals surface area contributed by atoms with Gasteiger partial charge in [-0.15, -0.1) is 0 Å². The SMILES string of the molecule is COc1cccc(OC(C)CNC(=O)[C@@H](N)Cc2ccccc2)c1. The van der Waals surface area contributed by atoms with Crippen molar-refractivity contribution in [2.24, 2.45) is 5.73 Å². The van der Waals surface area contributed by atoms with E-state index in [2.05, 4.69) is 5.32 Å². The lowest BCUT2D eigenvalue weighted by Gasteiger charge is -2.18. The Morgan fingerprint density at radius 2 is 1.83 bits per heavy atom. The lowest BCUT2D eigenvalue weighted by Crippen LogP contribution is -2.45. The number of hydrogen-bond donors (Lipinski definition) is 2. The molecule has 0 radical (unpaired) electrons. The van der Waals surface area contributed by atoms with Gasteiger partial charge >= 0.3 is 0 Å². The van der Waals surface area contributed by atoms with Crippen LogP contribution in [0, 0.1) is 0 Å². The number of methoxy groups -OCH3 is 1. The smallest absolute Gasteiger partial charge is 0.237 e. The molecule has 0 aliphatic heterocycles. The Balaban J connectivity index is 1.78. The minimum Gasteiger partial charge on any atom is -0.497 e. The number of amides is 1. The topological polar surface area (TPSA) is 73.6 Å². The van der Waals surface area contributed by atoms with Crippen LogP contribution in [0.2, 0.25) is 0 Å². The Labute approximate surface area is 142 Å². The van der Waals surface area contributed by atoms with Crippen molar-refractivity contribution < 1.29 is 14.3 Å². The van der Waals surface area contributed by atoms with E-state index in [0.717, 1.165) is 11.3 Å². The largest absolute Gasteiger partial charge is 0.497 e. The molecule has 1 amide bonds. The number of ether oxygens (including phenoxy) is 2. The maximum Gasteiger partial charge on any atom is 0.237 e. The van der Waals surface area contributed by atoms with Crippen LogP contribution in [0.25, 0.3) is 0 Å². The van der Waals surface area contributed by atoms with E-state index >= 15 is 0 Å². The first-order valence-corrected chi connectivity index (χ1v) is 7.96. The highest BCUT2D eigenvalue weighted by atomic mass is 16.5. The first-order chi connectivity index (χ1) is 11.6. The first kappa shape index (κ1) is 17.8. The zero-order chi connectivity index (χ0) is 17.4. The molecule has 24 heavy (non-hydrogen) atoms. The second kappa shape index (κ2) is 8.93. The predicted octanol–water partition coefficient (Wildman–Crippen LogP) is 2.15. The normalized spacial score (nSPS) is 13.0. The molecule has 2 rings (SSSR count). The number of benzene rings is 2. The predicted molar refractivity (Wildman–Crippen MR) is 94.2 cm³/mol. The molecule has 2 aromatic rings. The lowest BCUT2D eigenvalue weighted by molar-refractivity contribution is -0.122. The van der Waals surface area contributed by atoms with E-state index in [-0.39, 0.29) is 12.0 Å². The fourth-order valence-electron chi connectivity index (χ4n) is 2.28. The number of carbonyl (C=O) groups excluding carboxylic acids is 1. The molecule has 128 valence electrons. The number of rotatable bonds is 8. The Bertz CT molecular complexity index is 646. The van der Waals surface area contributed by atoms with E-state index in [9.17, 15) is 4.79 Å². The van der Waals surface area contributed by atoms with Gasteiger partial charge in [0.1, 0.15) is 17.6 Å². The van der Waals surface area contributed by atoms with Crippen LogP contribution in [0.5, 0.6) is 11.5 Å². The van der Waals surface area contributed by atoms with Crippen LogP contribution in [-0.4, -0.2) is 31.7 Å². The van der Waals surface area contributed by atoms with Gasteiger partial charge in [0.2, 0.25) is 5.91 Å². The number of nitrogens with one attached hydrogen (secondary N) is 1. The van der Waals surface area contributed by atoms with Crippen LogP contribution in [0.4, 0.5) is 0 Å². The monoisotopic (exact) mass is 328 g/mol. The molecule has 0 heterocycles. The van der Waals surface area contributed by atoms with Gasteiger partial charge < -0.3 is 20.5 Å². The van der Waals surface area contributed by atoms with Gasteiger partial charge in [-0.2, -0.15) is 0 Å². The molecule has 2 atom stereocenters. The third-order valence-electron chi connectivity index (χ3n) is 3.58. The average molecular weight is 328 g/mol. The molecule has 0 saturated heterocycles.